The number of hydrogen-bond donors (Lipinski definition) is 0. The fraction of sp³-hybridized carbons (Fsp3) is 0.556. The molecular formula is C18H23FN2. The first-order chi connectivity index (χ1) is 10.3. The van der Waals surface area contributed by atoms with Crippen LogP contribution in [0.25, 0.3) is 0 Å². The Morgan fingerprint density at radius 3 is 2.33 bits per heavy atom. The number of hydrogen-bond acceptors (Lipinski definition) is 2. The lowest BCUT2D eigenvalue weighted by Crippen LogP contribution is -2.48. The second kappa shape index (κ2) is 5.45. The van der Waals surface area contributed by atoms with E-state index in [9.17, 15) is 4.39 Å². The van der Waals surface area contributed by atoms with Gasteiger partial charge in [0.1, 0.15) is 5.82 Å². The molecule has 1 heterocycles. The molecule has 1 aromatic rings. The summed E-state index contributed by atoms with van der Waals surface area (Å²) >= 11 is 0. The van der Waals surface area contributed by atoms with Crippen LogP contribution in [-0.2, 0) is 0 Å². The highest BCUT2D eigenvalue weighted by Gasteiger charge is 2.36. The molecule has 3 heteroatoms. The Labute approximate surface area is 126 Å². The maximum absolute atomic E-state index is 13.0. The van der Waals surface area contributed by atoms with Gasteiger partial charge in [-0.3, -0.25) is 4.90 Å². The predicted octanol–water partition coefficient (Wildman–Crippen LogP) is 3.16. The van der Waals surface area contributed by atoms with Gasteiger partial charge in [0.15, 0.2) is 0 Å². The molecule has 21 heavy (non-hydrogen) atoms. The van der Waals surface area contributed by atoms with Crippen LogP contribution in [0.4, 0.5) is 10.1 Å². The van der Waals surface area contributed by atoms with Crippen LogP contribution in [0.5, 0.6) is 0 Å². The highest BCUT2D eigenvalue weighted by molar-refractivity contribution is 5.46. The van der Waals surface area contributed by atoms with Crippen molar-refractivity contribution in [1.82, 2.24) is 4.90 Å². The molecule has 0 amide bonds. The highest BCUT2D eigenvalue weighted by Crippen LogP contribution is 2.43. The molecule has 2 nitrogen and oxygen atoms in total. The van der Waals surface area contributed by atoms with Gasteiger partial charge < -0.3 is 4.90 Å². The van der Waals surface area contributed by atoms with E-state index in [2.05, 4.69) is 22.0 Å². The van der Waals surface area contributed by atoms with Gasteiger partial charge in [-0.15, -0.1) is 0 Å². The van der Waals surface area contributed by atoms with Crippen molar-refractivity contribution in [2.75, 3.05) is 37.6 Å². The molecule has 1 saturated carbocycles. The van der Waals surface area contributed by atoms with Crippen molar-refractivity contribution in [3.63, 3.8) is 0 Å². The topological polar surface area (TPSA) is 6.48 Å². The van der Waals surface area contributed by atoms with Gasteiger partial charge in [-0.05, 0) is 54.9 Å². The van der Waals surface area contributed by atoms with E-state index in [1.54, 1.807) is 12.1 Å². The average Bonchev–Trinajstić information content (AvgIpc) is 3.12. The third kappa shape index (κ3) is 2.71. The number of rotatable bonds is 3. The summed E-state index contributed by atoms with van der Waals surface area (Å²) in [5.74, 6) is 2.46. The number of fused-ring (bicyclic) bond motifs is 2. The quantitative estimate of drug-likeness (QED) is 0.788. The molecule has 2 aliphatic carbocycles. The average molecular weight is 286 g/mol. The van der Waals surface area contributed by atoms with Gasteiger partial charge in [0.25, 0.3) is 0 Å². The zero-order valence-corrected chi connectivity index (χ0v) is 12.4. The van der Waals surface area contributed by atoms with E-state index in [1.807, 2.05) is 12.1 Å². The second-order valence-corrected chi connectivity index (χ2v) is 6.80. The van der Waals surface area contributed by atoms with Crippen LogP contribution in [0, 0.1) is 23.6 Å². The number of benzene rings is 1. The minimum atomic E-state index is -0.151. The molecule has 0 radical (unpaired) electrons. The lowest BCUT2D eigenvalue weighted by molar-refractivity contribution is 0.204. The first-order valence-corrected chi connectivity index (χ1v) is 8.19. The van der Waals surface area contributed by atoms with Crippen molar-refractivity contribution in [2.24, 2.45) is 17.8 Å². The van der Waals surface area contributed by atoms with Gasteiger partial charge >= 0.3 is 0 Å². The summed E-state index contributed by atoms with van der Waals surface area (Å²) in [5.41, 5.74) is 1.15. The smallest absolute Gasteiger partial charge is 0.123 e. The van der Waals surface area contributed by atoms with Gasteiger partial charge in [-0.2, -0.15) is 0 Å². The van der Waals surface area contributed by atoms with Crippen LogP contribution >= 0.6 is 0 Å². The molecule has 1 aromatic carbocycles. The van der Waals surface area contributed by atoms with Crippen molar-refractivity contribution in [2.45, 2.75) is 12.8 Å². The van der Waals surface area contributed by atoms with Gasteiger partial charge in [0.2, 0.25) is 0 Å². The molecular weight excluding hydrogens is 263 g/mol. The van der Waals surface area contributed by atoms with Crippen molar-refractivity contribution in [1.29, 1.82) is 0 Å². The molecule has 1 aliphatic heterocycles. The maximum atomic E-state index is 13.0. The summed E-state index contributed by atoms with van der Waals surface area (Å²) in [6.07, 6.45) is 7.68. The number of nitrogens with zero attached hydrogens (tertiary/aromatic N) is 2. The van der Waals surface area contributed by atoms with Crippen LogP contribution in [0.1, 0.15) is 12.8 Å². The molecule has 3 atom stereocenters. The van der Waals surface area contributed by atoms with Gasteiger partial charge in [0.05, 0.1) is 0 Å². The molecule has 2 bridgehead atoms. The van der Waals surface area contributed by atoms with Crippen LogP contribution in [0.2, 0.25) is 0 Å². The first-order valence-electron chi connectivity index (χ1n) is 8.19. The zero-order valence-electron chi connectivity index (χ0n) is 12.4. The lowest BCUT2D eigenvalue weighted by Gasteiger charge is -2.38. The monoisotopic (exact) mass is 286 g/mol. The predicted molar refractivity (Wildman–Crippen MR) is 83.9 cm³/mol. The Kier molecular flexibility index (Phi) is 3.46. The number of allylic oxidation sites excluding steroid dienone is 2. The van der Waals surface area contributed by atoms with Gasteiger partial charge in [-0.1, -0.05) is 12.2 Å². The Bertz CT molecular complexity index is 517. The molecule has 3 unspecified atom stereocenters. The zero-order chi connectivity index (χ0) is 14.2. The van der Waals surface area contributed by atoms with E-state index < -0.39 is 0 Å². The standard InChI is InChI=1S/C18H23FN2/c19-17-3-5-18(6-4-17)21-9-7-20(8-10-21)13-16-12-14-1-2-15(16)11-14/h1-6,14-16H,7-13H2. The molecule has 0 aromatic heterocycles. The summed E-state index contributed by atoms with van der Waals surface area (Å²) in [7, 11) is 0. The number of piperazine rings is 1. The minimum Gasteiger partial charge on any atom is -0.369 e. The van der Waals surface area contributed by atoms with Crippen LogP contribution in [0.3, 0.4) is 0 Å². The molecule has 3 aliphatic rings. The van der Waals surface area contributed by atoms with Crippen LogP contribution in [-0.4, -0.2) is 37.6 Å². The van der Waals surface area contributed by atoms with E-state index in [0.29, 0.717) is 0 Å². The normalized spacial score (nSPS) is 32.0. The number of anilines is 1. The summed E-state index contributed by atoms with van der Waals surface area (Å²) in [6, 6.07) is 6.91. The first kappa shape index (κ1) is 13.3. The van der Waals surface area contributed by atoms with E-state index in [0.717, 1.165) is 49.6 Å². The lowest BCUT2D eigenvalue weighted by atomic mass is 9.93. The van der Waals surface area contributed by atoms with Gasteiger partial charge in [-0.25, -0.2) is 4.39 Å². The maximum Gasteiger partial charge on any atom is 0.123 e. The molecule has 0 N–H and O–H groups in total. The van der Waals surface area contributed by atoms with E-state index in [-0.39, 0.29) is 5.82 Å². The molecule has 112 valence electrons. The molecule has 0 spiro atoms. The summed E-state index contributed by atoms with van der Waals surface area (Å²) in [4.78, 5) is 5.00. The third-order valence-corrected chi connectivity index (χ3v) is 5.47. The third-order valence-electron chi connectivity index (χ3n) is 5.47. The van der Waals surface area contributed by atoms with Crippen LogP contribution < -0.4 is 4.90 Å². The SMILES string of the molecule is Fc1ccc(N2CCN(CC3CC4C=CC3C4)CC2)cc1. The highest BCUT2D eigenvalue weighted by atomic mass is 19.1. The van der Waals surface area contributed by atoms with Crippen molar-refractivity contribution < 1.29 is 4.39 Å². The van der Waals surface area contributed by atoms with Crippen molar-refractivity contribution in [3.8, 4) is 0 Å². The van der Waals surface area contributed by atoms with E-state index >= 15 is 0 Å². The van der Waals surface area contributed by atoms with E-state index in [1.165, 1.54) is 19.4 Å². The van der Waals surface area contributed by atoms with Crippen LogP contribution in [0.15, 0.2) is 36.4 Å². The fourth-order valence-corrected chi connectivity index (χ4v) is 4.28. The Morgan fingerprint density at radius 1 is 0.952 bits per heavy atom. The molecule has 2 fully saturated rings. The summed E-state index contributed by atoms with van der Waals surface area (Å²) in [6.45, 7) is 5.65. The Morgan fingerprint density at radius 2 is 1.71 bits per heavy atom. The fourth-order valence-electron chi connectivity index (χ4n) is 4.28. The minimum absolute atomic E-state index is 0.151. The van der Waals surface area contributed by atoms with E-state index in [4.69, 9.17) is 0 Å². The molecule has 4 rings (SSSR count). The van der Waals surface area contributed by atoms with Crippen molar-refractivity contribution >= 4 is 5.69 Å². The second-order valence-electron chi connectivity index (χ2n) is 6.80. The van der Waals surface area contributed by atoms with Gasteiger partial charge in [0, 0.05) is 38.4 Å². The largest absolute Gasteiger partial charge is 0.369 e. The summed E-state index contributed by atoms with van der Waals surface area (Å²) < 4.78 is 13.0. The Hall–Kier alpha value is -1.35. The molecule has 1 saturated heterocycles. The Balaban J connectivity index is 1.30. The van der Waals surface area contributed by atoms with Crippen molar-refractivity contribution in [3.05, 3.63) is 42.2 Å². The summed E-state index contributed by atoms with van der Waals surface area (Å²) in [5, 5.41) is 0. The number of halogens is 1.